The predicted molar refractivity (Wildman–Crippen MR) is 62.1 cm³/mol. The van der Waals surface area contributed by atoms with Crippen LogP contribution in [0.2, 0.25) is 0 Å². The first-order valence-electron chi connectivity index (χ1n) is 6.30. The molecule has 3 fully saturated rings. The first-order valence-corrected chi connectivity index (χ1v) is 6.30. The van der Waals surface area contributed by atoms with Gasteiger partial charge in [0.05, 0.1) is 6.61 Å². The lowest BCUT2D eigenvalue weighted by Crippen LogP contribution is -2.69. The molecule has 2 bridgehead atoms. The van der Waals surface area contributed by atoms with Crippen LogP contribution in [0.5, 0.6) is 0 Å². The van der Waals surface area contributed by atoms with Crippen LogP contribution < -0.4 is 0 Å². The molecule has 0 aromatic carbocycles. The fourth-order valence-electron chi connectivity index (χ4n) is 2.82. The molecule has 0 amide bonds. The van der Waals surface area contributed by atoms with E-state index in [1.54, 1.807) is 0 Å². The van der Waals surface area contributed by atoms with Gasteiger partial charge in [-0.15, -0.1) is 0 Å². The van der Waals surface area contributed by atoms with Crippen LogP contribution in [0, 0.1) is 0 Å². The Morgan fingerprint density at radius 2 is 1.93 bits per heavy atom. The topological polar surface area (TPSA) is 15.7 Å². The van der Waals surface area contributed by atoms with Crippen LogP contribution in [0.1, 0.15) is 27.2 Å². The molecule has 3 heteroatoms. The third-order valence-corrected chi connectivity index (χ3v) is 3.80. The molecule has 3 nitrogen and oxygen atoms in total. The number of hydrogen-bond donors (Lipinski definition) is 0. The zero-order valence-corrected chi connectivity index (χ0v) is 10.3. The van der Waals surface area contributed by atoms with E-state index in [2.05, 4.69) is 30.6 Å². The summed E-state index contributed by atoms with van der Waals surface area (Å²) in [6, 6.07) is 2.34. The van der Waals surface area contributed by atoms with Gasteiger partial charge in [0.1, 0.15) is 0 Å². The highest BCUT2D eigenvalue weighted by Gasteiger charge is 2.44. The molecule has 0 spiro atoms. The molecule has 0 aromatic heterocycles. The van der Waals surface area contributed by atoms with E-state index in [9.17, 15) is 0 Å². The fraction of sp³-hybridized carbons (Fsp3) is 1.00. The monoisotopic (exact) mass is 212 g/mol. The minimum absolute atomic E-state index is 0.712. The molecular weight excluding hydrogens is 188 g/mol. The highest BCUT2D eigenvalue weighted by molar-refractivity contribution is 5.01. The Hall–Kier alpha value is -0.120. The molecule has 3 aliphatic heterocycles. The van der Waals surface area contributed by atoms with Crippen molar-refractivity contribution in [2.24, 2.45) is 0 Å². The van der Waals surface area contributed by atoms with Crippen molar-refractivity contribution in [2.45, 2.75) is 45.3 Å². The van der Waals surface area contributed by atoms with Crippen molar-refractivity contribution < 1.29 is 4.74 Å². The Balaban J connectivity index is 1.74. The Morgan fingerprint density at radius 3 is 2.47 bits per heavy atom. The summed E-state index contributed by atoms with van der Waals surface area (Å²) in [7, 11) is 0. The number of rotatable bonds is 5. The summed E-state index contributed by atoms with van der Waals surface area (Å²) in [5, 5.41) is 0. The second-order valence-corrected chi connectivity index (χ2v) is 5.03. The van der Waals surface area contributed by atoms with Crippen molar-refractivity contribution >= 4 is 0 Å². The second-order valence-electron chi connectivity index (χ2n) is 5.03. The summed E-state index contributed by atoms with van der Waals surface area (Å²) in [5.41, 5.74) is 0. The molecule has 3 rings (SSSR count). The first-order chi connectivity index (χ1) is 7.22. The Labute approximate surface area is 93.4 Å². The first kappa shape index (κ1) is 11.4. The van der Waals surface area contributed by atoms with Gasteiger partial charge in [-0.3, -0.25) is 9.80 Å². The highest BCUT2D eigenvalue weighted by atomic mass is 16.5. The van der Waals surface area contributed by atoms with E-state index in [1.165, 1.54) is 19.5 Å². The summed E-state index contributed by atoms with van der Waals surface area (Å²) in [5.74, 6) is 0. The molecular formula is C12H24N2O. The summed E-state index contributed by atoms with van der Waals surface area (Å²) >= 11 is 0. The van der Waals surface area contributed by atoms with Crippen molar-refractivity contribution in [1.82, 2.24) is 9.80 Å². The molecule has 3 heterocycles. The molecule has 3 aliphatic rings. The molecule has 2 atom stereocenters. The Bertz CT molecular complexity index is 196. The lowest BCUT2D eigenvalue weighted by Gasteiger charge is -2.57. The van der Waals surface area contributed by atoms with Gasteiger partial charge in [0.2, 0.25) is 0 Å². The van der Waals surface area contributed by atoms with E-state index >= 15 is 0 Å². The Morgan fingerprint density at radius 1 is 1.27 bits per heavy atom. The van der Waals surface area contributed by atoms with Gasteiger partial charge in [0, 0.05) is 44.4 Å². The molecule has 88 valence electrons. The van der Waals surface area contributed by atoms with Gasteiger partial charge in [-0.05, 0) is 27.2 Å². The molecule has 0 N–H and O–H groups in total. The standard InChI is InChI=1S/C12H24N2O/c1-4-15-6-5-14-11-7-12(14)9-13(8-11)10(2)3/h10-12H,4-9H2,1-3H3. The van der Waals surface area contributed by atoms with Gasteiger partial charge in [-0.1, -0.05) is 0 Å². The maximum absolute atomic E-state index is 5.42. The lowest BCUT2D eigenvalue weighted by atomic mass is 9.87. The van der Waals surface area contributed by atoms with E-state index in [4.69, 9.17) is 4.74 Å². The third-order valence-electron chi connectivity index (χ3n) is 3.80. The van der Waals surface area contributed by atoms with E-state index in [0.717, 1.165) is 31.8 Å². The van der Waals surface area contributed by atoms with E-state index in [-0.39, 0.29) is 0 Å². The number of ether oxygens (including phenoxy) is 1. The van der Waals surface area contributed by atoms with Crippen molar-refractivity contribution in [1.29, 1.82) is 0 Å². The number of fused-ring (bicyclic) bond motifs is 2. The zero-order chi connectivity index (χ0) is 10.8. The SMILES string of the molecule is CCOCCN1C2CC1CN(C(C)C)C2. The minimum atomic E-state index is 0.712. The van der Waals surface area contributed by atoms with Gasteiger partial charge in [-0.2, -0.15) is 0 Å². The molecule has 0 radical (unpaired) electrons. The van der Waals surface area contributed by atoms with Crippen LogP contribution in [0.15, 0.2) is 0 Å². The normalized spacial score (nSPS) is 32.0. The molecule has 3 saturated heterocycles. The number of hydrogen-bond acceptors (Lipinski definition) is 3. The second kappa shape index (κ2) is 4.81. The maximum atomic E-state index is 5.42. The summed E-state index contributed by atoms with van der Waals surface area (Å²) in [6.45, 7) is 12.1. The van der Waals surface area contributed by atoms with Gasteiger partial charge in [0.25, 0.3) is 0 Å². The van der Waals surface area contributed by atoms with Crippen molar-refractivity contribution in [3.63, 3.8) is 0 Å². The molecule has 0 aliphatic carbocycles. The van der Waals surface area contributed by atoms with E-state index in [0.29, 0.717) is 6.04 Å². The number of piperidine rings is 1. The molecule has 0 aromatic rings. The largest absolute Gasteiger partial charge is 0.380 e. The average molecular weight is 212 g/mol. The molecule has 0 saturated carbocycles. The third kappa shape index (κ3) is 2.35. The van der Waals surface area contributed by atoms with Crippen LogP contribution in [-0.2, 0) is 4.74 Å². The number of nitrogens with zero attached hydrogens (tertiary/aromatic N) is 2. The van der Waals surface area contributed by atoms with Gasteiger partial charge < -0.3 is 4.74 Å². The van der Waals surface area contributed by atoms with Crippen LogP contribution >= 0.6 is 0 Å². The van der Waals surface area contributed by atoms with Gasteiger partial charge >= 0.3 is 0 Å². The Kier molecular flexibility index (Phi) is 3.65. The highest BCUT2D eigenvalue weighted by Crippen LogP contribution is 2.32. The quantitative estimate of drug-likeness (QED) is 0.637. The zero-order valence-electron chi connectivity index (χ0n) is 10.3. The fourth-order valence-corrected chi connectivity index (χ4v) is 2.82. The molecule has 15 heavy (non-hydrogen) atoms. The van der Waals surface area contributed by atoms with Gasteiger partial charge in [-0.25, -0.2) is 0 Å². The van der Waals surface area contributed by atoms with E-state index < -0.39 is 0 Å². The smallest absolute Gasteiger partial charge is 0.0593 e. The number of piperazine rings is 1. The van der Waals surface area contributed by atoms with Crippen molar-refractivity contribution in [3.05, 3.63) is 0 Å². The van der Waals surface area contributed by atoms with Crippen LogP contribution in [-0.4, -0.2) is 60.8 Å². The van der Waals surface area contributed by atoms with Crippen molar-refractivity contribution in [2.75, 3.05) is 32.8 Å². The van der Waals surface area contributed by atoms with Crippen LogP contribution in [0.4, 0.5) is 0 Å². The average Bonchev–Trinajstić information content (AvgIpc) is 2.24. The van der Waals surface area contributed by atoms with E-state index in [1.807, 2.05) is 0 Å². The summed E-state index contributed by atoms with van der Waals surface area (Å²) in [6.07, 6.45) is 1.41. The predicted octanol–water partition coefficient (Wildman–Crippen LogP) is 1.19. The molecule has 2 unspecified atom stereocenters. The summed E-state index contributed by atoms with van der Waals surface area (Å²) < 4.78 is 5.42. The minimum Gasteiger partial charge on any atom is -0.380 e. The van der Waals surface area contributed by atoms with Crippen LogP contribution in [0.3, 0.4) is 0 Å². The van der Waals surface area contributed by atoms with Crippen molar-refractivity contribution in [3.8, 4) is 0 Å². The van der Waals surface area contributed by atoms with Gasteiger partial charge in [0.15, 0.2) is 0 Å². The van der Waals surface area contributed by atoms with Crippen LogP contribution in [0.25, 0.3) is 0 Å². The maximum Gasteiger partial charge on any atom is 0.0593 e. The summed E-state index contributed by atoms with van der Waals surface area (Å²) in [4.78, 5) is 5.24. The lowest BCUT2D eigenvalue weighted by molar-refractivity contribution is -0.0873.